The summed E-state index contributed by atoms with van der Waals surface area (Å²) in [4.78, 5) is 25.4. The topological polar surface area (TPSA) is 104 Å². The lowest BCUT2D eigenvalue weighted by Gasteiger charge is -2.06. The van der Waals surface area contributed by atoms with Crippen molar-refractivity contribution in [1.82, 2.24) is 5.32 Å². The Kier molecular flexibility index (Phi) is 5.21. The van der Waals surface area contributed by atoms with Gasteiger partial charge >= 0.3 is 5.97 Å². The van der Waals surface area contributed by atoms with Crippen molar-refractivity contribution in [2.45, 2.75) is 6.92 Å². The number of esters is 1. The lowest BCUT2D eigenvalue weighted by molar-refractivity contribution is -0.141. The van der Waals surface area contributed by atoms with Gasteiger partial charge in [-0.05, 0) is 18.5 Å². The first-order chi connectivity index (χ1) is 8.69. The molecule has 1 N–H and O–H groups in total. The second-order valence-corrected chi connectivity index (χ2v) is 3.19. The molecule has 18 heavy (non-hydrogen) atoms. The monoisotopic (exact) mass is 248 g/mol. The summed E-state index contributed by atoms with van der Waals surface area (Å²) in [5, 5.41) is 5.78. The molecule has 1 amide bonds. The average molecular weight is 248 g/mol. The molecule has 1 rings (SSSR count). The van der Waals surface area contributed by atoms with Gasteiger partial charge in [0.15, 0.2) is 0 Å². The number of azide groups is 1. The highest BCUT2D eigenvalue weighted by Gasteiger charge is 2.11. The van der Waals surface area contributed by atoms with E-state index in [1.165, 1.54) is 12.1 Å². The van der Waals surface area contributed by atoms with Gasteiger partial charge in [-0.2, -0.15) is 0 Å². The fourth-order valence-electron chi connectivity index (χ4n) is 1.26. The van der Waals surface area contributed by atoms with Crippen LogP contribution in [0.5, 0.6) is 0 Å². The largest absolute Gasteiger partial charge is 0.465 e. The smallest absolute Gasteiger partial charge is 0.325 e. The van der Waals surface area contributed by atoms with E-state index >= 15 is 0 Å². The molecule has 0 unspecified atom stereocenters. The maximum atomic E-state index is 11.7. The summed E-state index contributed by atoms with van der Waals surface area (Å²) in [5.41, 5.74) is 8.78. The van der Waals surface area contributed by atoms with E-state index in [2.05, 4.69) is 20.1 Å². The van der Waals surface area contributed by atoms with Gasteiger partial charge < -0.3 is 10.1 Å². The third-order valence-corrected chi connectivity index (χ3v) is 2.00. The third kappa shape index (κ3) is 3.80. The van der Waals surface area contributed by atoms with Crippen LogP contribution >= 0.6 is 0 Å². The molecule has 0 saturated heterocycles. The Morgan fingerprint density at radius 1 is 1.44 bits per heavy atom. The van der Waals surface area contributed by atoms with Gasteiger partial charge in [-0.1, -0.05) is 23.3 Å². The molecular formula is C11H12N4O3. The van der Waals surface area contributed by atoms with E-state index < -0.39 is 11.9 Å². The fraction of sp³-hybridized carbons (Fsp3) is 0.273. The number of amides is 1. The van der Waals surface area contributed by atoms with Crippen molar-refractivity contribution in [3.8, 4) is 0 Å². The number of ether oxygens (including phenoxy) is 1. The van der Waals surface area contributed by atoms with E-state index in [1.54, 1.807) is 19.1 Å². The van der Waals surface area contributed by atoms with Crippen molar-refractivity contribution in [3.05, 3.63) is 40.3 Å². The van der Waals surface area contributed by atoms with E-state index in [1.807, 2.05) is 0 Å². The molecule has 0 atom stereocenters. The summed E-state index contributed by atoms with van der Waals surface area (Å²) in [6.45, 7) is 1.71. The summed E-state index contributed by atoms with van der Waals surface area (Å²) in [6.07, 6.45) is 0. The molecule has 0 heterocycles. The average Bonchev–Trinajstić information content (AvgIpc) is 2.37. The van der Waals surface area contributed by atoms with Crippen LogP contribution in [0.2, 0.25) is 0 Å². The van der Waals surface area contributed by atoms with Crippen molar-refractivity contribution < 1.29 is 14.3 Å². The summed E-state index contributed by atoms with van der Waals surface area (Å²) in [5.74, 6) is -1.02. The van der Waals surface area contributed by atoms with Gasteiger partial charge in [0, 0.05) is 10.5 Å². The lowest BCUT2D eigenvalue weighted by Crippen LogP contribution is -2.30. The van der Waals surface area contributed by atoms with Crippen LogP contribution in [0, 0.1) is 0 Å². The molecule has 0 bridgehead atoms. The normalized spacial score (nSPS) is 9.17. The highest BCUT2D eigenvalue weighted by atomic mass is 16.5. The molecule has 0 aliphatic carbocycles. The predicted molar refractivity (Wildman–Crippen MR) is 64.2 cm³/mol. The molecule has 0 aliphatic heterocycles. The molecule has 0 radical (unpaired) electrons. The van der Waals surface area contributed by atoms with Crippen molar-refractivity contribution in [3.63, 3.8) is 0 Å². The Morgan fingerprint density at radius 2 is 2.17 bits per heavy atom. The SMILES string of the molecule is CCOC(=O)CNC(=O)c1ccccc1N=[N+]=[N-]. The van der Waals surface area contributed by atoms with Gasteiger partial charge in [0.05, 0.1) is 12.3 Å². The molecule has 0 aliphatic rings. The van der Waals surface area contributed by atoms with Crippen LogP contribution < -0.4 is 5.32 Å². The number of hydrogen-bond acceptors (Lipinski definition) is 4. The maximum Gasteiger partial charge on any atom is 0.325 e. The zero-order valence-corrected chi connectivity index (χ0v) is 9.79. The molecule has 1 aromatic carbocycles. The van der Waals surface area contributed by atoms with Crippen molar-refractivity contribution in [2.24, 2.45) is 5.11 Å². The van der Waals surface area contributed by atoms with Crippen LogP contribution in [0.3, 0.4) is 0 Å². The maximum absolute atomic E-state index is 11.7. The molecule has 0 spiro atoms. The molecule has 1 aromatic rings. The van der Waals surface area contributed by atoms with Crippen LogP contribution in [0.4, 0.5) is 5.69 Å². The molecule has 0 saturated carbocycles. The Balaban J connectivity index is 2.72. The quantitative estimate of drug-likeness (QED) is 0.372. The van der Waals surface area contributed by atoms with Gasteiger partial charge in [-0.15, -0.1) is 0 Å². The second kappa shape index (κ2) is 6.93. The summed E-state index contributed by atoms with van der Waals surface area (Å²) in [6, 6.07) is 6.30. The molecular weight excluding hydrogens is 236 g/mol. The summed E-state index contributed by atoms with van der Waals surface area (Å²) in [7, 11) is 0. The minimum Gasteiger partial charge on any atom is -0.465 e. The number of carbonyl (C=O) groups is 2. The Bertz CT molecular complexity index is 495. The van der Waals surface area contributed by atoms with E-state index in [-0.39, 0.29) is 24.4 Å². The zero-order chi connectivity index (χ0) is 13.4. The number of benzene rings is 1. The van der Waals surface area contributed by atoms with Crippen LogP contribution in [0.15, 0.2) is 29.4 Å². The molecule has 7 nitrogen and oxygen atoms in total. The first-order valence-corrected chi connectivity index (χ1v) is 5.27. The number of rotatable bonds is 5. The molecule has 7 heteroatoms. The van der Waals surface area contributed by atoms with Crippen molar-refractivity contribution in [1.29, 1.82) is 0 Å². The van der Waals surface area contributed by atoms with E-state index in [9.17, 15) is 9.59 Å². The van der Waals surface area contributed by atoms with Gasteiger partial charge in [-0.25, -0.2) is 0 Å². The van der Waals surface area contributed by atoms with E-state index in [4.69, 9.17) is 5.53 Å². The Labute approximate surface area is 103 Å². The van der Waals surface area contributed by atoms with Gasteiger partial charge in [-0.3, -0.25) is 9.59 Å². The molecule has 0 aromatic heterocycles. The number of hydrogen-bond donors (Lipinski definition) is 1. The van der Waals surface area contributed by atoms with Gasteiger partial charge in [0.25, 0.3) is 5.91 Å². The number of nitrogens with one attached hydrogen (secondary N) is 1. The van der Waals surface area contributed by atoms with Gasteiger partial charge in [0.2, 0.25) is 0 Å². The lowest BCUT2D eigenvalue weighted by atomic mass is 10.1. The second-order valence-electron chi connectivity index (χ2n) is 3.19. The summed E-state index contributed by atoms with van der Waals surface area (Å²) < 4.78 is 4.67. The van der Waals surface area contributed by atoms with Crippen molar-refractivity contribution in [2.75, 3.05) is 13.2 Å². The predicted octanol–water partition coefficient (Wildman–Crippen LogP) is 1.92. The first-order valence-electron chi connectivity index (χ1n) is 5.27. The number of nitrogens with zero attached hydrogens (tertiary/aromatic N) is 3. The van der Waals surface area contributed by atoms with E-state index in [0.717, 1.165) is 0 Å². The highest BCUT2D eigenvalue weighted by molar-refractivity contribution is 6.00. The minimum atomic E-state index is -0.521. The van der Waals surface area contributed by atoms with Crippen molar-refractivity contribution >= 4 is 17.6 Å². The van der Waals surface area contributed by atoms with Gasteiger partial charge in [0.1, 0.15) is 6.54 Å². The first kappa shape index (κ1) is 13.5. The minimum absolute atomic E-state index is 0.208. The van der Waals surface area contributed by atoms with Crippen LogP contribution in [0.25, 0.3) is 10.4 Å². The van der Waals surface area contributed by atoms with E-state index in [0.29, 0.717) is 0 Å². The zero-order valence-electron chi connectivity index (χ0n) is 9.79. The van der Waals surface area contributed by atoms with Crippen LogP contribution in [-0.4, -0.2) is 25.0 Å². The highest BCUT2D eigenvalue weighted by Crippen LogP contribution is 2.18. The Morgan fingerprint density at radius 3 is 2.83 bits per heavy atom. The fourth-order valence-corrected chi connectivity index (χ4v) is 1.26. The molecule has 0 fully saturated rings. The summed E-state index contributed by atoms with van der Waals surface area (Å²) >= 11 is 0. The Hall–Kier alpha value is -2.53. The number of carbonyl (C=O) groups excluding carboxylic acids is 2. The van der Waals surface area contributed by atoms with Crippen LogP contribution in [-0.2, 0) is 9.53 Å². The standard InChI is InChI=1S/C11H12N4O3/c1-2-18-10(16)7-13-11(17)8-5-3-4-6-9(8)14-15-12/h3-6H,2,7H2,1H3,(H,13,17). The third-order valence-electron chi connectivity index (χ3n) is 2.00. The van der Waals surface area contributed by atoms with Crippen LogP contribution in [0.1, 0.15) is 17.3 Å². The molecule has 94 valence electrons.